The molecule has 6 nitrogen and oxygen atoms in total. The monoisotopic (exact) mass is 286 g/mol. The third kappa shape index (κ3) is 6.21. The molecular formula is C12H18N2O4S. The van der Waals surface area contributed by atoms with Gasteiger partial charge in [-0.15, -0.1) is 0 Å². The van der Waals surface area contributed by atoms with Gasteiger partial charge in [0.15, 0.2) is 6.10 Å². The topological polar surface area (TPSA) is 98.7 Å². The molecule has 1 aromatic heterocycles. The van der Waals surface area contributed by atoms with Crippen molar-refractivity contribution in [2.45, 2.75) is 31.9 Å². The first kappa shape index (κ1) is 15.5. The number of nitrogens with one attached hydrogen (secondary N) is 2. The molecule has 0 saturated heterocycles. The molecule has 19 heavy (non-hydrogen) atoms. The zero-order valence-corrected chi connectivity index (χ0v) is 11.4. The number of carbonyl (C=O) groups excluding carboxylic acids is 1. The van der Waals surface area contributed by atoms with Gasteiger partial charge in [-0.2, -0.15) is 11.3 Å². The summed E-state index contributed by atoms with van der Waals surface area (Å²) in [7, 11) is 0. The summed E-state index contributed by atoms with van der Waals surface area (Å²) in [6.45, 7) is 2.01. The number of urea groups is 1. The first-order valence-electron chi connectivity index (χ1n) is 5.95. The lowest BCUT2D eigenvalue weighted by atomic mass is 10.1. The Bertz CT molecular complexity index is 408. The van der Waals surface area contributed by atoms with Gasteiger partial charge in [-0.05, 0) is 35.7 Å². The van der Waals surface area contributed by atoms with Crippen LogP contribution >= 0.6 is 11.3 Å². The summed E-state index contributed by atoms with van der Waals surface area (Å²) in [5.74, 6) is -1.28. The van der Waals surface area contributed by atoms with Gasteiger partial charge in [0.1, 0.15) is 0 Å². The molecule has 0 fully saturated rings. The van der Waals surface area contributed by atoms with Crippen molar-refractivity contribution in [1.82, 2.24) is 10.6 Å². The summed E-state index contributed by atoms with van der Waals surface area (Å²) in [5.41, 5.74) is 1.17. The first-order chi connectivity index (χ1) is 8.99. The molecule has 0 aromatic carbocycles. The summed E-state index contributed by atoms with van der Waals surface area (Å²) in [6, 6.07) is 1.63. The second-order valence-corrected chi connectivity index (χ2v) is 5.06. The third-order valence-corrected chi connectivity index (χ3v) is 3.22. The molecule has 0 aliphatic carbocycles. The van der Waals surface area contributed by atoms with Gasteiger partial charge in [-0.3, -0.25) is 0 Å². The molecule has 2 unspecified atom stereocenters. The predicted molar refractivity (Wildman–Crippen MR) is 72.3 cm³/mol. The van der Waals surface area contributed by atoms with Crippen LogP contribution in [0.3, 0.4) is 0 Å². The van der Waals surface area contributed by atoms with Crippen LogP contribution in [-0.2, 0) is 11.2 Å². The van der Waals surface area contributed by atoms with E-state index in [1.165, 1.54) is 5.56 Å². The molecule has 4 N–H and O–H groups in total. The number of hydrogen-bond acceptors (Lipinski definition) is 4. The summed E-state index contributed by atoms with van der Waals surface area (Å²) in [4.78, 5) is 21.8. The maximum Gasteiger partial charge on any atom is 0.332 e. The molecule has 1 rings (SSSR count). The SMILES string of the molecule is CC(Cc1ccsc1)NC(=O)NCCC(O)C(=O)O. The van der Waals surface area contributed by atoms with Crippen molar-refractivity contribution in [3.05, 3.63) is 22.4 Å². The number of carboxylic acids is 1. The Morgan fingerprint density at radius 3 is 2.79 bits per heavy atom. The van der Waals surface area contributed by atoms with Gasteiger partial charge in [-0.1, -0.05) is 0 Å². The molecule has 0 spiro atoms. The highest BCUT2D eigenvalue weighted by Gasteiger charge is 2.13. The molecule has 2 atom stereocenters. The average molecular weight is 286 g/mol. The zero-order chi connectivity index (χ0) is 14.3. The Morgan fingerprint density at radius 2 is 2.21 bits per heavy atom. The molecule has 106 valence electrons. The van der Waals surface area contributed by atoms with Gasteiger partial charge >= 0.3 is 12.0 Å². The fourth-order valence-corrected chi connectivity index (χ4v) is 2.22. The van der Waals surface area contributed by atoms with Crippen LogP contribution in [0.15, 0.2) is 16.8 Å². The van der Waals surface area contributed by atoms with E-state index in [2.05, 4.69) is 10.6 Å². The second-order valence-electron chi connectivity index (χ2n) is 4.28. The molecule has 0 saturated carbocycles. The smallest absolute Gasteiger partial charge is 0.332 e. The Balaban J connectivity index is 2.18. The van der Waals surface area contributed by atoms with Crippen LogP contribution in [0, 0.1) is 0 Å². The van der Waals surface area contributed by atoms with E-state index in [1.807, 2.05) is 23.8 Å². The Hall–Kier alpha value is -1.60. The highest BCUT2D eigenvalue weighted by molar-refractivity contribution is 7.07. The summed E-state index contributed by atoms with van der Waals surface area (Å²) in [6.07, 6.45) is -0.709. The van der Waals surface area contributed by atoms with Gasteiger partial charge in [0.25, 0.3) is 0 Å². The fraction of sp³-hybridized carbons (Fsp3) is 0.500. The Kier molecular flexibility index (Phi) is 6.31. The minimum atomic E-state index is -1.44. The molecule has 1 heterocycles. The van der Waals surface area contributed by atoms with Gasteiger partial charge < -0.3 is 20.8 Å². The van der Waals surface area contributed by atoms with Crippen molar-refractivity contribution in [3.8, 4) is 0 Å². The van der Waals surface area contributed by atoms with Gasteiger partial charge in [0, 0.05) is 19.0 Å². The number of thiophene rings is 1. The van der Waals surface area contributed by atoms with Gasteiger partial charge in [-0.25, -0.2) is 9.59 Å². The Labute approximate surface area is 115 Å². The normalized spacial score (nSPS) is 13.6. The molecule has 1 aromatic rings. The van der Waals surface area contributed by atoms with Crippen LogP contribution in [0.4, 0.5) is 4.79 Å². The Morgan fingerprint density at radius 1 is 1.47 bits per heavy atom. The van der Waals surface area contributed by atoms with E-state index in [0.717, 1.165) is 6.42 Å². The van der Waals surface area contributed by atoms with Crippen molar-refractivity contribution in [1.29, 1.82) is 0 Å². The molecule has 0 aliphatic heterocycles. The minimum Gasteiger partial charge on any atom is -0.479 e. The highest BCUT2D eigenvalue weighted by Crippen LogP contribution is 2.08. The largest absolute Gasteiger partial charge is 0.479 e. The number of rotatable bonds is 7. The minimum absolute atomic E-state index is 0.0122. The van der Waals surface area contributed by atoms with E-state index in [1.54, 1.807) is 11.3 Å². The van der Waals surface area contributed by atoms with E-state index in [-0.39, 0.29) is 25.0 Å². The number of aliphatic hydroxyl groups excluding tert-OH is 1. The van der Waals surface area contributed by atoms with Gasteiger partial charge in [0.05, 0.1) is 0 Å². The number of carboxylic acid groups (broad SMARTS) is 1. The lowest BCUT2D eigenvalue weighted by Gasteiger charge is -2.14. The molecular weight excluding hydrogens is 268 g/mol. The molecule has 2 amide bonds. The number of amides is 2. The van der Waals surface area contributed by atoms with Gasteiger partial charge in [0.2, 0.25) is 0 Å². The summed E-state index contributed by atoms with van der Waals surface area (Å²) < 4.78 is 0. The zero-order valence-electron chi connectivity index (χ0n) is 10.6. The number of aliphatic hydroxyl groups is 1. The maximum absolute atomic E-state index is 11.5. The molecule has 7 heteroatoms. The molecule has 0 radical (unpaired) electrons. The van der Waals surface area contributed by atoms with E-state index >= 15 is 0 Å². The number of hydrogen-bond donors (Lipinski definition) is 4. The van der Waals surface area contributed by atoms with Crippen LogP contribution in [0.2, 0.25) is 0 Å². The molecule has 0 aliphatic rings. The lowest BCUT2D eigenvalue weighted by Crippen LogP contribution is -2.42. The van der Waals surface area contributed by atoms with Crippen LogP contribution in [0.1, 0.15) is 18.9 Å². The highest BCUT2D eigenvalue weighted by atomic mass is 32.1. The van der Waals surface area contributed by atoms with Crippen molar-refractivity contribution in [2.75, 3.05) is 6.54 Å². The number of aliphatic carboxylic acids is 1. The standard InChI is InChI=1S/C12H18N2O4S/c1-8(6-9-3-5-19-7-9)14-12(18)13-4-2-10(15)11(16)17/h3,5,7-8,10,15H,2,4,6H2,1H3,(H,16,17)(H2,13,14,18). The maximum atomic E-state index is 11.5. The van der Waals surface area contributed by atoms with Crippen molar-refractivity contribution >= 4 is 23.3 Å². The van der Waals surface area contributed by atoms with Crippen LogP contribution in [0.25, 0.3) is 0 Å². The van der Waals surface area contributed by atoms with E-state index in [0.29, 0.717) is 0 Å². The van der Waals surface area contributed by atoms with Crippen molar-refractivity contribution in [3.63, 3.8) is 0 Å². The van der Waals surface area contributed by atoms with Crippen molar-refractivity contribution in [2.24, 2.45) is 0 Å². The number of carbonyl (C=O) groups is 2. The third-order valence-electron chi connectivity index (χ3n) is 2.49. The van der Waals surface area contributed by atoms with Crippen LogP contribution in [0.5, 0.6) is 0 Å². The van der Waals surface area contributed by atoms with Crippen LogP contribution in [-0.4, -0.2) is 40.9 Å². The van der Waals surface area contributed by atoms with E-state index in [9.17, 15) is 9.59 Å². The summed E-state index contributed by atoms with van der Waals surface area (Å²) in [5, 5.41) is 26.7. The predicted octanol–water partition coefficient (Wildman–Crippen LogP) is 0.814. The quantitative estimate of drug-likeness (QED) is 0.596. The van der Waals surface area contributed by atoms with Crippen molar-refractivity contribution < 1.29 is 19.8 Å². The van der Waals surface area contributed by atoms with E-state index in [4.69, 9.17) is 10.2 Å². The lowest BCUT2D eigenvalue weighted by molar-refractivity contribution is -0.146. The molecule has 0 bridgehead atoms. The van der Waals surface area contributed by atoms with Crippen LogP contribution < -0.4 is 10.6 Å². The van der Waals surface area contributed by atoms with E-state index < -0.39 is 12.1 Å². The second kappa shape index (κ2) is 7.75. The fourth-order valence-electron chi connectivity index (χ4n) is 1.53. The average Bonchev–Trinajstić information content (AvgIpc) is 2.81. The summed E-state index contributed by atoms with van der Waals surface area (Å²) >= 11 is 1.61. The first-order valence-corrected chi connectivity index (χ1v) is 6.89.